The minimum absolute atomic E-state index is 0.0626. The first-order valence-corrected chi connectivity index (χ1v) is 11.3. The summed E-state index contributed by atoms with van der Waals surface area (Å²) in [6.07, 6.45) is 0. The summed E-state index contributed by atoms with van der Waals surface area (Å²) in [5.74, 6) is 0.172. The minimum Gasteiger partial charge on any atom is -0.507 e. The van der Waals surface area contributed by atoms with E-state index in [9.17, 15) is 14.7 Å². The van der Waals surface area contributed by atoms with Gasteiger partial charge in [-0.1, -0.05) is 18.2 Å². The summed E-state index contributed by atoms with van der Waals surface area (Å²) in [5, 5.41) is 13.1. The van der Waals surface area contributed by atoms with Crippen LogP contribution in [0.25, 0.3) is 5.76 Å². The quantitative estimate of drug-likeness (QED) is 0.348. The van der Waals surface area contributed by atoms with Crippen LogP contribution in [0.5, 0.6) is 17.2 Å². The third-order valence-electron chi connectivity index (χ3n) is 5.68. The number of carbonyl (C=O) groups excluding carboxylic acids is 2. The number of aliphatic hydroxyl groups is 1. The number of carbonyl (C=O) groups is 2. The van der Waals surface area contributed by atoms with E-state index >= 15 is 0 Å². The Bertz CT molecular complexity index is 1230. The largest absolute Gasteiger partial charge is 0.507 e. The Hall–Kier alpha value is -3.78. The molecule has 0 saturated carbocycles. The fraction of sp³-hybridized carbons (Fsp3) is 0.200. The third-order valence-corrected chi connectivity index (χ3v) is 6.60. The van der Waals surface area contributed by atoms with Crippen LogP contribution >= 0.6 is 11.3 Å². The van der Waals surface area contributed by atoms with Crippen molar-refractivity contribution in [2.24, 2.45) is 0 Å². The van der Waals surface area contributed by atoms with Gasteiger partial charge in [0.05, 0.1) is 18.7 Å². The van der Waals surface area contributed by atoms with E-state index in [1.165, 1.54) is 16.2 Å². The highest BCUT2D eigenvalue weighted by molar-refractivity contribution is 7.10. The summed E-state index contributed by atoms with van der Waals surface area (Å²) in [6.45, 7) is 1.07. The zero-order valence-corrected chi connectivity index (χ0v) is 18.6. The lowest BCUT2D eigenvalue weighted by molar-refractivity contribution is -0.140. The van der Waals surface area contributed by atoms with Crippen LogP contribution in [0.1, 0.15) is 22.0 Å². The number of thiophene rings is 1. The second kappa shape index (κ2) is 8.63. The molecule has 1 fully saturated rings. The molecule has 7 nitrogen and oxygen atoms in total. The molecule has 0 spiro atoms. The number of ketones is 1. The van der Waals surface area contributed by atoms with Gasteiger partial charge in [0.1, 0.15) is 24.7 Å². The van der Waals surface area contributed by atoms with Crippen molar-refractivity contribution in [3.8, 4) is 17.2 Å². The standard InChI is InChI=1S/C25H21NO6S/c1-30-17-7-4-15(5-8-17)14-26-22(20-3-2-12-33-20)21(24(28)25(26)29)23(27)16-6-9-18-19(13-16)32-11-10-31-18/h2-9,12-13,22,27H,10-11,14H2,1H3/b23-21-. The van der Waals surface area contributed by atoms with Gasteiger partial charge in [-0.15, -0.1) is 11.3 Å². The first-order valence-electron chi connectivity index (χ1n) is 10.4. The first kappa shape index (κ1) is 21.1. The van der Waals surface area contributed by atoms with Crippen molar-refractivity contribution in [1.29, 1.82) is 0 Å². The molecule has 0 radical (unpaired) electrons. The molecule has 1 N–H and O–H groups in total. The van der Waals surface area contributed by atoms with E-state index in [0.717, 1.165) is 10.4 Å². The molecular weight excluding hydrogens is 442 g/mol. The second-order valence-electron chi connectivity index (χ2n) is 7.65. The number of hydrogen-bond acceptors (Lipinski definition) is 7. The molecule has 1 atom stereocenters. The van der Waals surface area contributed by atoms with Crippen LogP contribution in [0.2, 0.25) is 0 Å². The Morgan fingerprint density at radius 1 is 1.09 bits per heavy atom. The van der Waals surface area contributed by atoms with Gasteiger partial charge in [0.25, 0.3) is 11.7 Å². The van der Waals surface area contributed by atoms with E-state index in [0.29, 0.717) is 36.0 Å². The number of ether oxygens (including phenoxy) is 3. The molecule has 0 aliphatic carbocycles. The first-order chi connectivity index (χ1) is 16.1. The van der Waals surface area contributed by atoms with Crippen molar-refractivity contribution in [2.45, 2.75) is 12.6 Å². The monoisotopic (exact) mass is 463 g/mol. The van der Waals surface area contributed by atoms with Crippen molar-refractivity contribution >= 4 is 28.8 Å². The number of hydrogen-bond donors (Lipinski definition) is 1. The molecule has 1 aromatic heterocycles. The average Bonchev–Trinajstić information content (AvgIpc) is 3.46. The average molecular weight is 464 g/mol. The third kappa shape index (κ3) is 3.82. The van der Waals surface area contributed by atoms with Crippen molar-refractivity contribution in [3.63, 3.8) is 0 Å². The lowest BCUT2D eigenvalue weighted by Crippen LogP contribution is -2.28. The number of amides is 1. The Morgan fingerprint density at radius 2 is 1.85 bits per heavy atom. The summed E-state index contributed by atoms with van der Waals surface area (Å²) in [5.41, 5.74) is 1.30. The van der Waals surface area contributed by atoms with Crippen molar-refractivity contribution in [1.82, 2.24) is 4.90 Å². The smallest absolute Gasteiger partial charge is 0.295 e. The molecule has 5 rings (SSSR count). The molecule has 1 saturated heterocycles. The molecule has 0 bridgehead atoms. The highest BCUT2D eigenvalue weighted by atomic mass is 32.1. The molecule has 3 aromatic rings. The van der Waals surface area contributed by atoms with E-state index in [1.807, 2.05) is 29.6 Å². The molecule has 3 heterocycles. The molecule has 2 aliphatic heterocycles. The molecule has 2 aromatic carbocycles. The molecule has 33 heavy (non-hydrogen) atoms. The zero-order chi connectivity index (χ0) is 22.9. The summed E-state index contributed by atoms with van der Waals surface area (Å²) < 4.78 is 16.4. The van der Waals surface area contributed by atoms with Crippen LogP contribution in [0.3, 0.4) is 0 Å². The van der Waals surface area contributed by atoms with Crippen LogP contribution in [0, 0.1) is 0 Å². The highest BCUT2D eigenvalue weighted by Crippen LogP contribution is 2.43. The van der Waals surface area contributed by atoms with Gasteiger partial charge in [-0.25, -0.2) is 0 Å². The minimum atomic E-state index is -0.714. The van der Waals surface area contributed by atoms with Gasteiger partial charge in [-0.3, -0.25) is 9.59 Å². The van der Waals surface area contributed by atoms with E-state index in [-0.39, 0.29) is 17.9 Å². The number of benzene rings is 2. The Balaban J connectivity index is 1.57. The Kier molecular flexibility index (Phi) is 5.51. The number of likely N-dealkylation sites (tertiary alicyclic amines) is 1. The maximum Gasteiger partial charge on any atom is 0.295 e. The van der Waals surface area contributed by atoms with E-state index in [4.69, 9.17) is 14.2 Å². The number of aliphatic hydroxyl groups excluding tert-OH is 1. The van der Waals surface area contributed by atoms with E-state index < -0.39 is 17.7 Å². The van der Waals surface area contributed by atoms with Crippen LogP contribution in [-0.2, 0) is 16.1 Å². The van der Waals surface area contributed by atoms with Gasteiger partial charge in [0.15, 0.2) is 11.5 Å². The number of nitrogens with zero attached hydrogens (tertiary/aromatic N) is 1. The predicted molar refractivity (Wildman–Crippen MR) is 123 cm³/mol. The second-order valence-corrected chi connectivity index (χ2v) is 8.63. The Morgan fingerprint density at radius 3 is 2.55 bits per heavy atom. The molecule has 8 heteroatoms. The summed E-state index contributed by atoms with van der Waals surface area (Å²) >= 11 is 1.43. The van der Waals surface area contributed by atoms with Gasteiger partial charge in [0.2, 0.25) is 0 Å². The van der Waals surface area contributed by atoms with Gasteiger partial charge in [-0.05, 0) is 47.3 Å². The van der Waals surface area contributed by atoms with Crippen molar-refractivity contribution < 1.29 is 28.9 Å². The van der Waals surface area contributed by atoms with Gasteiger partial charge >= 0.3 is 0 Å². The summed E-state index contributed by atoms with van der Waals surface area (Å²) in [4.78, 5) is 28.5. The van der Waals surface area contributed by atoms with Crippen molar-refractivity contribution in [3.05, 3.63) is 81.6 Å². The molecule has 1 amide bonds. The van der Waals surface area contributed by atoms with Crippen molar-refractivity contribution in [2.75, 3.05) is 20.3 Å². The predicted octanol–water partition coefficient (Wildman–Crippen LogP) is 4.15. The fourth-order valence-corrected chi connectivity index (χ4v) is 4.90. The molecular formula is C25H21NO6S. The number of fused-ring (bicyclic) bond motifs is 1. The van der Waals surface area contributed by atoms with Crippen LogP contribution < -0.4 is 14.2 Å². The lowest BCUT2D eigenvalue weighted by Gasteiger charge is -2.24. The normalized spacial score (nSPS) is 19.1. The van der Waals surface area contributed by atoms with Crippen LogP contribution in [-0.4, -0.2) is 42.0 Å². The summed E-state index contributed by atoms with van der Waals surface area (Å²) in [6, 6.07) is 15.3. The molecule has 168 valence electrons. The number of rotatable bonds is 5. The molecule has 2 aliphatic rings. The van der Waals surface area contributed by atoms with Crippen LogP contribution in [0.15, 0.2) is 65.6 Å². The Labute approximate surface area is 194 Å². The topological polar surface area (TPSA) is 85.3 Å². The van der Waals surface area contributed by atoms with E-state index in [1.54, 1.807) is 37.4 Å². The van der Waals surface area contributed by atoms with E-state index in [2.05, 4.69) is 0 Å². The maximum absolute atomic E-state index is 13.1. The number of methoxy groups -OCH3 is 1. The number of Topliss-reactive ketones (excluding diaryl/α,β-unsaturated/α-hetero) is 1. The molecule has 1 unspecified atom stereocenters. The SMILES string of the molecule is COc1ccc(CN2C(=O)C(=O)/C(=C(\O)c3ccc4c(c3)OCCO4)C2c2cccs2)cc1. The van der Waals surface area contributed by atoms with Gasteiger partial charge in [-0.2, -0.15) is 0 Å². The summed E-state index contributed by atoms with van der Waals surface area (Å²) in [7, 11) is 1.59. The highest BCUT2D eigenvalue weighted by Gasteiger charge is 2.46. The van der Waals surface area contributed by atoms with Gasteiger partial charge in [0, 0.05) is 17.0 Å². The maximum atomic E-state index is 13.1. The fourth-order valence-electron chi connectivity index (χ4n) is 4.06. The zero-order valence-electron chi connectivity index (χ0n) is 17.8. The van der Waals surface area contributed by atoms with Gasteiger partial charge < -0.3 is 24.2 Å². The van der Waals surface area contributed by atoms with Crippen LogP contribution in [0.4, 0.5) is 0 Å². The lowest BCUT2D eigenvalue weighted by atomic mass is 9.99.